The van der Waals surface area contributed by atoms with E-state index < -0.39 is 0 Å². The first-order valence-electron chi connectivity index (χ1n) is 3.67. The van der Waals surface area contributed by atoms with E-state index in [-0.39, 0.29) is 0 Å². The topological polar surface area (TPSA) is 9.23 Å². The third kappa shape index (κ3) is 4.43. The second-order valence-electron chi connectivity index (χ2n) is 2.73. The molecule has 0 saturated carbocycles. The average molecular weight is 152 g/mol. The predicted molar refractivity (Wildman–Crippen MR) is 49.3 cm³/mol. The molecule has 0 bridgehead atoms. The highest BCUT2D eigenvalue weighted by Crippen LogP contribution is 2.08. The van der Waals surface area contributed by atoms with E-state index in [0.717, 1.165) is 5.57 Å². The van der Waals surface area contributed by atoms with Gasteiger partial charge in [-0.15, -0.1) is 0 Å². The molecule has 11 heavy (non-hydrogen) atoms. The molecule has 0 N–H and O–H groups in total. The van der Waals surface area contributed by atoms with Gasteiger partial charge in [0.25, 0.3) is 0 Å². The van der Waals surface area contributed by atoms with Gasteiger partial charge in [0, 0.05) is 0 Å². The Bertz CT molecular complexity index is 175. The highest BCUT2D eigenvalue weighted by atomic mass is 16.5. The number of methoxy groups -OCH3 is 1. The van der Waals surface area contributed by atoms with Gasteiger partial charge in [0.2, 0.25) is 0 Å². The van der Waals surface area contributed by atoms with E-state index in [1.165, 1.54) is 0 Å². The standard InChI is InChI=1S/C10H16O/c1-8(2)9(3)6-7-10(4)11-5/h6-8H,3-4H2,1-2,5H3/b7-6-. The summed E-state index contributed by atoms with van der Waals surface area (Å²) in [5.41, 5.74) is 1.09. The van der Waals surface area contributed by atoms with Gasteiger partial charge in [-0.2, -0.15) is 0 Å². The number of hydrogen-bond donors (Lipinski definition) is 0. The van der Waals surface area contributed by atoms with E-state index in [1.807, 2.05) is 12.2 Å². The van der Waals surface area contributed by atoms with Gasteiger partial charge < -0.3 is 4.74 Å². The predicted octanol–water partition coefficient (Wildman–Crippen LogP) is 2.91. The fourth-order valence-corrected chi connectivity index (χ4v) is 0.460. The van der Waals surface area contributed by atoms with Gasteiger partial charge in [0.05, 0.1) is 7.11 Å². The molecule has 0 aromatic rings. The molecule has 0 aromatic carbocycles. The van der Waals surface area contributed by atoms with Crippen molar-refractivity contribution in [1.29, 1.82) is 0 Å². The van der Waals surface area contributed by atoms with Crippen LogP contribution in [-0.4, -0.2) is 7.11 Å². The zero-order valence-corrected chi connectivity index (χ0v) is 7.55. The Morgan fingerprint density at radius 1 is 1.27 bits per heavy atom. The Morgan fingerprint density at radius 3 is 2.18 bits per heavy atom. The molecule has 0 aromatic heterocycles. The van der Waals surface area contributed by atoms with Crippen LogP contribution < -0.4 is 0 Å². The maximum absolute atomic E-state index is 4.86. The smallest absolute Gasteiger partial charge is 0.111 e. The zero-order valence-electron chi connectivity index (χ0n) is 7.55. The summed E-state index contributed by atoms with van der Waals surface area (Å²) < 4.78 is 4.86. The molecular formula is C10H16O. The van der Waals surface area contributed by atoms with Crippen molar-refractivity contribution in [3.8, 4) is 0 Å². The largest absolute Gasteiger partial charge is 0.497 e. The first kappa shape index (κ1) is 10.0. The summed E-state index contributed by atoms with van der Waals surface area (Å²) >= 11 is 0. The van der Waals surface area contributed by atoms with Crippen LogP contribution in [0.15, 0.2) is 36.6 Å². The highest BCUT2D eigenvalue weighted by molar-refractivity contribution is 5.22. The molecule has 0 aliphatic heterocycles. The maximum Gasteiger partial charge on any atom is 0.111 e. The molecule has 1 nitrogen and oxygen atoms in total. The van der Waals surface area contributed by atoms with Crippen molar-refractivity contribution >= 4 is 0 Å². The van der Waals surface area contributed by atoms with Crippen molar-refractivity contribution in [2.45, 2.75) is 13.8 Å². The molecule has 0 saturated heterocycles. The summed E-state index contributed by atoms with van der Waals surface area (Å²) in [6, 6.07) is 0. The van der Waals surface area contributed by atoms with Crippen LogP contribution >= 0.6 is 0 Å². The molecular weight excluding hydrogens is 136 g/mol. The van der Waals surface area contributed by atoms with E-state index in [1.54, 1.807) is 7.11 Å². The monoisotopic (exact) mass is 152 g/mol. The fourth-order valence-electron chi connectivity index (χ4n) is 0.460. The number of ether oxygens (including phenoxy) is 1. The lowest BCUT2D eigenvalue weighted by atomic mass is 10.1. The van der Waals surface area contributed by atoms with E-state index in [4.69, 9.17) is 4.74 Å². The Kier molecular flexibility index (Phi) is 4.35. The van der Waals surface area contributed by atoms with Crippen LogP contribution in [0, 0.1) is 5.92 Å². The normalized spacial score (nSPS) is 10.5. The maximum atomic E-state index is 4.86. The minimum absolute atomic E-state index is 0.482. The lowest BCUT2D eigenvalue weighted by Crippen LogP contribution is -1.87. The molecule has 0 aliphatic carbocycles. The molecule has 0 fully saturated rings. The van der Waals surface area contributed by atoms with Crippen LogP contribution in [0.5, 0.6) is 0 Å². The summed E-state index contributed by atoms with van der Waals surface area (Å²) in [6.45, 7) is 11.7. The van der Waals surface area contributed by atoms with Crippen molar-refractivity contribution < 1.29 is 4.74 Å². The lowest BCUT2D eigenvalue weighted by Gasteiger charge is -2.02. The van der Waals surface area contributed by atoms with Gasteiger partial charge in [-0.05, 0) is 12.0 Å². The highest BCUT2D eigenvalue weighted by Gasteiger charge is 1.93. The molecule has 0 heterocycles. The van der Waals surface area contributed by atoms with Crippen LogP contribution in [0.2, 0.25) is 0 Å². The van der Waals surface area contributed by atoms with Crippen LogP contribution in [0.1, 0.15) is 13.8 Å². The molecule has 0 unspecified atom stereocenters. The van der Waals surface area contributed by atoms with Crippen LogP contribution in [0.3, 0.4) is 0 Å². The summed E-state index contributed by atoms with van der Waals surface area (Å²) in [5, 5.41) is 0. The van der Waals surface area contributed by atoms with Crippen molar-refractivity contribution in [2.75, 3.05) is 7.11 Å². The van der Waals surface area contributed by atoms with Crippen molar-refractivity contribution in [3.63, 3.8) is 0 Å². The summed E-state index contributed by atoms with van der Waals surface area (Å²) in [6.07, 6.45) is 3.75. The van der Waals surface area contributed by atoms with Crippen molar-refractivity contribution in [3.05, 3.63) is 36.6 Å². The lowest BCUT2D eigenvalue weighted by molar-refractivity contribution is 0.309. The summed E-state index contributed by atoms with van der Waals surface area (Å²) in [7, 11) is 1.60. The zero-order chi connectivity index (χ0) is 8.85. The summed E-state index contributed by atoms with van der Waals surface area (Å²) in [4.78, 5) is 0. The molecule has 0 amide bonds. The molecule has 0 spiro atoms. The first-order valence-corrected chi connectivity index (χ1v) is 3.67. The van der Waals surface area contributed by atoms with Crippen LogP contribution in [0.4, 0.5) is 0 Å². The van der Waals surface area contributed by atoms with Gasteiger partial charge in [0.1, 0.15) is 5.76 Å². The fraction of sp³-hybridized carbons (Fsp3) is 0.400. The Morgan fingerprint density at radius 2 is 1.82 bits per heavy atom. The van der Waals surface area contributed by atoms with Crippen LogP contribution in [0.25, 0.3) is 0 Å². The Balaban J connectivity index is 3.93. The second kappa shape index (κ2) is 4.78. The average Bonchev–Trinajstić information content (AvgIpc) is 1.99. The second-order valence-corrected chi connectivity index (χ2v) is 2.73. The van der Waals surface area contributed by atoms with Gasteiger partial charge in [-0.3, -0.25) is 0 Å². The minimum Gasteiger partial charge on any atom is -0.497 e. The Labute approximate surface area is 69.1 Å². The van der Waals surface area contributed by atoms with Gasteiger partial charge in [-0.25, -0.2) is 0 Å². The van der Waals surface area contributed by atoms with Crippen molar-refractivity contribution in [2.24, 2.45) is 5.92 Å². The van der Waals surface area contributed by atoms with E-state index >= 15 is 0 Å². The summed E-state index contributed by atoms with van der Waals surface area (Å²) in [5.74, 6) is 1.14. The molecule has 0 atom stereocenters. The first-order chi connectivity index (χ1) is 5.07. The third-order valence-electron chi connectivity index (χ3n) is 1.49. The quantitative estimate of drug-likeness (QED) is 0.444. The molecule has 0 aliphatic rings. The molecule has 0 rings (SSSR count). The van der Waals surface area contributed by atoms with E-state index in [9.17, 15) is 0 Å². The van der Waals surface area contributed by atoms with E-state index in [0.29, 0.717) is 11.7 Å². The minimum atomic E-state index is 0.482. The van der Waals surface area contributed by atoms with Crippen molar-refractivity contribution in [1.82, 2.24) is 0 Å². The van der Waals surface area contributed by atoms with Gasteiger partial charge >= 0.3 is 0 Å². The van der Waals surface area contributed by atoms with Gasteiger partial charge in [-0.1, -0.05) is 38.7 Å². The van der Waals surface area contributed by atoms with Gasteiger partial charge in [0.15, 0.2) is 0 Å². The third-order valence-corrected chi connectivity index (χ3v) is 1.49. The SMILES string of the molecule is C=C(/C=C\C(=C)C(C)C)OC. The number of allylic oxidation sites excluding steroid dienone is 3. The van der Waals surface area contributed by atoms with E-state index in [2.05, 4.69) is 27.0 Å². The molecule has 1 heteroatoms. The molecule has 62 valence electrons. The Hall–Kier alpha value is -0.980. The number of hydrogen-bond acceptors (Lipinski definition) is 1. The van der Waals surface area contributed by atoms with Crippen LogP contribution in [-0.2, 0) is 4.74 Å². The molecule has 0 radical (unpaired) electrons. The number of rotatable bonds is 4.